The van der Waals surface area contributed by atoms with Crippen LogP contribution in [0.2, 0.25) is 0 Å². The Labute approximate surface area is 124 Å². The molecule has 1 aliphatic rings. The molecule has 0 unspecified atom stereocenters. The van der Waals surface area contributed by atoms with Crippen molar-refractivity contribution in [2.45, 2.75) is 33.4 Å². The molecule has 5 heteroatoms. The van der Waals surface area contributed by atoms with Crippen molar-refractivity contribution in [1.82, 2.24) is 19.7 Å². The van der Waals surface area contributed by atoms with Crippen molar-refractivity contribution in [3.63, 3.8) is 0 Å². The topological polar surface area (TPSA) is 51.0 Å². The maximum atomic E-state index is 12.5. The molecule has 0 saturated carbocycles. The molecule has 0 bridgehead atoms. The molecule has 2 aromatic rings. The minimum absolute atomic E-state index is 0.0935. The lowest BCUT2D eigenvalue weighted by Gasteiger charge is -2.28. The van der Waals surface area contributed by atoms with E-state index < -0.39 is 0 Å². The molecule has 0 N–H and O–H groups in total. The fourth-order valence-electron chi connectivity index (χ4n) is 2.70. The van der Waals surface area contributed by atoms with Crippen LogP contribution in [0.4, 0.5) is 0 Å². The third-order valence-corrected chi connectivity index (χ3v) is 3.75. The molecule has 0 aliphatic carbocycles. The molecular formula is C16H20N4O. The Morgan fingerprint density at radius 2 is 2.10 bits per heavy atom. The van der Waals surface area contributed by atoms with Crippen LogP contribution in [0.5, 0.6) is 0 Å². The van der Waals surface area contributed by atoms with E-state index in [-0.39, 0.29) is 5.91 Å². The van der Waals surface area contributed by atoms with E-state index in [4.69, 9.17) is 0 Å². The quantitative estimate of drug-likeness (QED) is 0.864. The molecule has 3 rings (SSSR count). The van der Waals surface area contributed by atoms with Crippen molar-refractivity contribution < 1.29 is 4.79 Å². The van der Waals surface area contributed by atoms with Crippen molar-refractivity contribution in [3.8, 4) is 0 Å². The predicted molar refractivity (Wildman–Crippen MR) is 79.7 cm³/mol. The molecule has 1 aliphatic heterocycles. The average Bonchev–Trinajstić information content (AvgIpc) is 2.89. The second-order valence-electron chi connectivity index (χ2n) is 5.89. The van der Waals surface area contributed by atoms with Crippen molar-refractivity contribution in [3.05, 3.63) is 47.5 Å². The summed E-state index contributed by atoms with van der Waals surface area (Å²) >= 11 is 0. The SMILES string of the molecule is CC(C)Cn1ncnc1CN1CCc2ccccc2C1=O. The molecule has 0 radical (unpaired) electrons. The maximum Gasteiger partial charge on any atom is 0.254 e. The molecule has 0 spiro atoms. The highest BCUT2D eigenvalue weighted by Crippen LogP contribution is 2.20. The number of hydrogen-bond donors (Lipinski definition) is 0. The number of carbonyl (C=O) groups excluding carboxylic acids is 1. The van der Waals surface area contributed by atoms with Crippen LogP contribution in [0.15, 0.2) is 30.6 Å². The summed E-state index contributed by atoms with van der Waals surface area (Å²) in [5.41, 5.74) is 1.96. The molecule has 21 heavy (non-hydrogen) atoms. The number of nitrogens with zero attached hydrogens (tertiary/aromatic N) is 4. The van der Waals surface area contributed by atoms with Gasteiger partial charge in [0, 0.05) is 18.7 Å². The third-order valence-electron chi connectivity index (χ3n) is 3.75. The number of aromatic nitrogens is 3. The minimum atomic E-state index is 0.0935. The van der Waals surface area contributed by atoms with Gasteiger partial charge in [0.05, 0.1) is 6.54 Å². The zero-order valence-electron chi connectivity index (χ0n) is 12.5. The smallest absolute Gasteiger partial charge is 0.254 e. The Morgan fingerprint density at radius 3 is 2.90 bits per heavy atom. The van der Waals surface area contributed by atoms with E-state index in [1.54, 1.807) is 6.33 Å². The molecule has 110 valence electrons. The van der Waals surface area contributed by atoms with E-state index in [2.05, 4.69) is 23.9 Å². The molecule has 2 heterocycles. The van der Waals surface area contributed by atoms with Crippen molar-refractivity contribution in [2.24, 2.45) is 5.92 Å². The van der Waals surface area contributed by atoms with Gasteiger partial charge in [0.25, 0.3) is 5.91 Å². The average molecular weight is 284 g/mol. The first-order valence-corrected chi connectivity index (χ1v) is 7.39. The summed E-state index contributed by atoms with van der Waals surface area (Å²) in [6.07, 6.45) is 2.47. The van der Waals surface area contributed by atoms with Gasteiger partial charge >= 0.3 is 0 Å². The van der Waals surface area contributed by atoms with E-state index in [0.717, 1.165) is 36.5 Å². The van der Waals surface area contributed by atoms with Gasteiger partial charge in [-0.05, 0) is 24.0 Å². The fourth-order valence-corrected chi connectivity index (χ4v) is 2.70. The fraction of sp³-hybridized carbons (Fsp3) is 0.438. The van der Waals surface area contributed by atoms with Gasteiger partial charge < -0.3 is 4.90 Å². The highest BCUT2D eigenvalue weighted by molar-refractivity contribution is 5.96. The van der Waals surface area contributed by atoms with Gasteiger partial charge in [0.2, 0.25) is 0 Å². The normalized spacial score (nSPS) is 14.6. The van der Waals surface area contributed by atoms with Crippen molar-refractivity contribution >= 4 is 5.91 Å². The minimum Gasteiger partial charge on any atom is -0.331 e. The Hall–Kier alpha value is -2.17. The van der Waals surface area contributed by atoms with Crippen LogP contribution in [0.1, 0.15) is 35.6 Å². The van der Waals surface area contributed by atoms with Crippen LogP contribution in [0, 0.1) is 5.92 Å². The molecule has 1 amide bonds. The number of carbonyl (C=O) groups is 1. The van der Waals surface area contributed by atoms with Crippen LogP contribution >= 0.6 is 0 Å². The Bertz CT molecular complexity index is 647. The van der Waals surface area contributed by atoms with Gasteiger partial charge in [-0.25, -0.2) is 9.67 Å². The summed E-state index contributed by atoms with van der Waals surface area (Å²) in [6.45, 7) is 6.39. The second kappa shape index (κ2) is 5.68. The molecule has 1 aromatic heterocycles. The lowest BCUT2D eigenvalue weighted by atomic mass is 9.99. The zero-order chi connectivity index (χ0) is 14.8. The van der Waals surface area contributed by atoms with Crippen LogP contribution in [0.25, 0.3) is 0 Å². The molecule has 1 aromatic carbocycles. The number of fused-ring (bicyclic) bond motifs is 1. The monoisotopic (exact) mass is 284 g/mol. The van der Waals surface area contributed by atoms with E-state index in [1.165, 1.54) is 0 Å². The Kier molecular flexibility index (Phi) is 3.73. The number of rotatable bonds is 4. The van der Waals surface area contributed by atoms with Crippen LogP contribution in [0.3, 0.4) is 0 Å². The zero-order valence-corrected chi connectivity index (χ0v) is 12.5. The Morgan fingerprint density at radius 1 is 1.29 bits per heavy atom. The number of hydrogen-bond acceptors (Lipinski definition) is 3. The van der Waals surface area contributed by atoms with Crippen molar-refractivity contribution in [1.29, 1.82) is 0 Å². The van der Waals surface area contributed by atoms with Gasteiger partial charge in [-0.2, -0.15) is 5.10 Å². The van der Waals surface area contributed by atoms with E-state index in [9.17, 15) is 4.79 Å². The van der Waals surface area contributed by atoms with Gasteiger partial charge in [-0.1, -0.05) is 32.0 Å². The van der Waals surface area contributed by atoms with E-state index in [1.807, 2.05) is 33.8 Å². The van der Waals surface area contributed by atoms with Gasteiger partial charge in [0.15, 0.2) is 0 Å². The largest absolute Gasteiger partial charge is 0.331 e. The number of benzene rings is 1. The molecule has 0 fully saturated rings. The van der Waals surface area contributed by atoms with Gasteiger partial charge in [-0.15, -0.1) is 0 Å². The number of amides is 1. The third kappa shape index (κ3) is 2.82. The summed E-state index contributed by atoms with van der Waals surface area (Å²) in [5.74, 6) is 1.45. The van der Waals surface area contributed by atoms with Crippen molar-refractivity contribution in [2.75, 3.05) is 6.54 Å². The molecule has 0 saturated heterocycles. The first-order chi connectivity index (χ1) is 10.1. The van der Waals surface area contributed by atoms with Gasteiger partial charge in [0.1, 0.15) is 12.2 Å². The van der Waals surface area contributed by atoms with Crippen LogP contribution in [-0.4, -0.2) is 32.1 Å². The predicted octanol–water partition coefficient (Wildman–Crippen LogP) is 2.13. The van der Waals surface area contributed by atoms with Crippen LogP contribution in [-0.2, 0) is 19.5 Å². The lowest BCUT2D eigenvalue weighted by molar-refractivity contribution is 0.0720. The standard InChI is InChI=1S/C16H20N4O/c1-12(2)9-20-15(17-11-18-20)10-19-8-7-13-5-3-4-6-14(13)16(19)21/h3-6,11-12H,7-10H2,1-2H3. The highest BCUT2D eigenvalue weighted by Gasteiger charge is 2.25. The molecular weight excluding hydrogens is 264 g/mol. The Balaban J connectivity index is 1.78. The molecule has 5 nitrogen and oxygen atoms in total. The summed E-state index contributed by atoms with van der Waals surface area (Å²) < 4.78 is 1.90. The van der Waals surface area contributed by atoms with Gasteiger partial charge in [-0.3, -0.25) is 4.79 Å². The lowest BCUT2D eigenvalue weighted by Crippen LogP contribution is -2.37. The first kappa shape index (κ1) is 13.8. The summed E-state index contributed by atoms with van der Waals surface area (Å²) in [5, 5.41) is 4.26. The second-order valence-corrected chi connectivity index (χ2v) is 5.89. The first-order valence-electron chi connectivity index (χ1n) is 7.39. The summed E-state index contributed by atoms with van der Waals surface area (Å²) in [6, 6.07) is 7.84. The summed E-state index contributed by atoms with van der Waals surface area (Å²) in [7, 11) is 0. The molecule has 0 atom stereocenters. The van der Waals surface area contributed by atoms with Crippen LogP contribution < -0.4 is 0 Å². The summed E-state index contributed by atoms with van der Waals surface area (Å²) in [4.78, 5) is 18.7. The highest BCUT2D eigenvalue weighted by atomic mass is 16.2. The maximum absolute atomic E-state index is 12.5. The van der Waals surface area contributed by atoms with E-state index in [0.29, 0.717) is 12.5 Å². The van der Waals surface area contributed by atoms with E-state index >= 15 is 0 Å².